The van der Waals surface area contributed by atoms with Gasteiger partial charge >= 0.3 is 0 Å². The van der Waals surface area contributed by atoms with Gasteiger partial charge in [0, 0.05) is 0 Å². The zero-order valence-corrected chi connectivity index (χ0v) is 19.0. The summed E-state index contributed by atoms with van der Waals surface area (Å²) >= 11 is 0. The summed E-state index contributed by atoms with van der Waals surface area (Å²) in [6, 6.07) is 0. The molecule has 0 bridgehead atoms. The fourth-order valence-corrected chi connectivity index (χ4v) is 1.69. The second kappa shape index (κ2) is 25.2. The molecule has 0 aliphatic carbocycles. The van der Waals surface area contributed by atoms with Crippen molar-refractivity contribution in [2.45, 2.75) is 111 Å². The molecule has 136 valence electrons. The average molecular weight is 313 g/mol. The maximum absolute atomic E-state index is 2.21. The molecule has 0 radical (unpaired) electrons. The highest BCUT2D eigenvalue weighted by molar-refractivity contribution is 5.48. The van der Waals surface area contributed by atoms with Gasteiger partial charge in [0.1, 0.15) is 0 Å². The Morgan fingerprint density at radius 3 is 0.318 bits per heavy atom. The number of hydrogen-bond acceptors (Lipinski definition) is 0. The smallest absolute Gasteiger partial charge is 0.0392 e. The van der Waals surface area contributed by atoms with Crippen LogP contribution in [-0.2, 0) is 0 Å². The topological polar surface area (TPSA) is 0 Å². The SMILES string of the molecule is CC.CC.CC.CC.CC.Cc1c(C)c(C)c(C)c(C)c1C. The van der Waals surface area contributed by atoms with Gasteiger partial charge in [-0.05, 0) is 74.9 Å². The molecule has 0 spiro atoms. The highest BCUT2D eigenvalue weighted by Crippen LogP contribution is 2.24. The Bertz CT molecular complexity index is 214. The van der Waals surface area contributed by atoms with Gasteiger partial charge in [-0.1, -0.05) is 69.2 Å². The molecule has 0 saturated heterocycles. The van der Waals surface area contributed by atoms with Gasteiger partial charge in [0.05, 0.1) is 0 Å². The van der Waals surface area contributed by atoms with Crippen LogP contribution >= 0.6 is 0 Å². The van der Waals surface area contributed by atoms with E-state index in [0.29, 0.717) is 0 Å². The minimum atomic E-state index is 1.45. The van der Waals surface area contributed by atoms with Gasteiger partial charge in [0.25, 0.3) is 0 Å². The van der Waals surface area contributed by atoms with E-state index in [1.54, 1.807) is 0 Å². The lowest BCUT2D eigenvalue weighted by molar-refractivity contribution is 1.13. The standard InChI is InChI=1S/C12H18.5C2H6/c1-7-8(2)10(4)12(6)11(5)9(7)3;5*1-2/h1-6H3;5*1-2H3. The van der Waals surface area contributed by atoms with Crippen LogP contribution in [-0.4, -0.2) is 0 Å². The third kappa shape index (κ3) is 11.8. The number of rotatable bonds is 0. The van der Waals surface area contributed by atoms with Crippen LogP contribution in [0.15, 0.2) is 0 Å². The highest BCUT2D eigenvalue weighted by atomic mass is 14.1. The Kier molecular flexibility index (Phi) is 37.8. The maximum atomic E-state index is 2.21. The summed E-state index contributed by atoms with van der Waals surface area (Å²) in [6.07, 6.45) is 0. The van der Waals surface area contributed by atoms with Crippen molar-refractivity contribution in [1.29, 1.82) is 0 Å². The van der Waals surface area contributed by atoms with Crippen molar-refractivity contribution in [1.82, 2.24) is 0 Å². The molecule has 0 heterocycles. The normalized spacial score (nSPS) is 7.09. The molecule has 1 aromatic rings. The molecule has 1 rings (SSSR count). The lowest BCUT2D eigenvalue weighted by Crippen LogP contribution is -1.98. The van der Waals surface area contributed by atoms with Crippen LogP contribution in [0.1, 0.15) is 103 Å². The lowest BCUT2D eigenvalue weighted by atomic mass is 9.90. The minimum Gasteiger partial charge on any atom is -0.0683 e. The van der Waals surface area contributed by atoms with Crippen molar-refractivity contribution < 1.29 is 0 Å². The van der Waals surface area contributed by atoms with E-state index in [4.69, 9.17) is 0 Å². The van der Waals surface area contributed by atoms with Crippen molar-refractivity contribution in [3.63, 3.8) is 0 Å². The molecular formula is C22H48. The molecule has 0 amide bonds. The molecule has 0 heteroatoms. The van der Waals surface area contributed by atoms with Gasteiger partial charge in [0.2, 0.25) is 0 Å². The van der Waals surface area contributed by atoms with Crippen molar-refractivity contribution in [2.75, 3.05) is 0 Å². The van der Waals surface area contributed by atoms with Crippen molar-refractivity contribution >= 4 is 0 Å². The van der Waals surface area contributed by atoms with Crippen LogP contribution in [0.5, 0.6) is 0 Å². The molecule has 0 nitrogen and oxygen atoms in total. The Morgan fingerprint density at radius 1 is 0.227 bits per heavy atom. The monoisotopic (exact) mass is 312 g/mol. The van der Waals surface area contributed by atoms with E-state index in [0.717, 1.165) is 0 Å². The van der Waals surface area contributed by atoms with Crippen LogP contribution in [0, 0.1) is 41.5 Å². The van der Waals surface area contributed by atoms with E-state index in [-0.39, 0.29) is 0 Å². The first-order chi connectivity index (χ1) is 10.5. The van der Waals surface area contributed by atoms with Gasteiger partial charge in [-0.25, -0.2) is 0 Å². The predicted molar refractivity (Wildman–Crippen MR) is 112 cm³/mol. The van der Waals surface area contributed by atoms with Gasteiger partial charge in [-0.15, -0.1) is 0 Å². The van der Waals surface area contributed by atoms with Crippen LogP contribution in [0.4, 0.5) is 0 Å². The molecular weight excluding hydrogens is 264 g/mol. The first-order valence-corrected chi connectivity index (χ1v) is 9.50. The Balaban J connectivity index is -0.0000000822. The van der Waals surface area contributed by atoms with Crippen molar-refractivity contribution in [3.05, 3.63) is 33.4 Å². The maximum Gasteiger partial charge on any atom is -0.0392 e. The van der Waals surface area contributed by atoms with Gasteiger partial charge in [-0.2, -0.15) is 0 Å². The van der Waals surface area contributed by atoms with Crippen molar-refractivity contribution in [2.24, 2.45) is 0 Å². The summed E-state index contributed by atoms with van der Waals surface area (Å²) in [6.45, 7) is 33.3. The third-order valence-corrected chi connectivity index (χ3v) is 3.38. The Hall–Kier alpha value is -0.780. The Morgan fingerprint density at radius 2 is 0.273 bits per heavy atom. The predicted octanol–water partition coefficient (Wildman–Crippen LogP) is 8.67. The van der Waals surface area contributed by atoms with Crippen LogP contribution in [0.25, 0.3) is 0 Å². The molecule has 0 N–H and O–H groups in total. The molecule has 22 heavy (non-hydrogen) atoms. The van der Waals surface area contributed by atoms with Gasteiger partial charge in [-0.3, -0.25) is 0 Å². The minimum absolute atomic E-state index is 1.45. The lowest BCUT2D eigenvalue weighted by Gasteiger charge is -2.15. The van der Waals surface area contributed by atoms with E-state index >= 15 is 0 Å². The molecule has 0 saturated carbocycles. The summed E-state index contributed by atoms with van der Waals surface area (Å²) in [5.74, 6) is 0. The summed E-state index contributed by atoms with van der Waals surface area (Å²) in [7, 11) is 0. The molecule has 1 aromatic carbocycles. The first kappa shape index (κ1) is 33.0. The molecule has 0 unspecified atom stereocenters. The molecule has 0 aromatic heterocycles. The van der Waals surface area contributed by atoms with Gasteiger partial charge < -0.3 is 0 Å². The van der Waals surface area contributed by atoms with Crippen LogP contribution < -0.4 is 0 Å². The van der Waals surface area contributed by atoms with Crippen LogP contribution in [0.3, 0.4) is 0 Å². The largest absolute Gasteiger partial charge is 0.0683 e. The molecule has 0 aliphatic rings. The van der Waals surface area contributed by atoms with E-state index in [9.17, 15) is 0 Å². The number of hydrogen-bond donors (Lipinski definition) is 0. The Labute approximate surface area is 144 Å². The number of benzene rings is 1. The zero-order valence-electron chi connectivity index (χ0n) is 19.0. The molecule has 0 fully saturated rings. The molecule has 0 atom stereocenters. The molecule has 0 aliphatic heterocycles. The van der Waals surface area contributed by atoms with Gasteiger partial charge in [0.15, 0.2) is 0 Å². The summed E-state index contributed by atoms with van der Waals surface area (Å²) in [5, 5.41) is 0. The first-order valence-electron chi connectivity index (χ1n) is 9.50. The average Bonchev–Trinajstić information content (AvgIpc) is 2.65. The second-order valence-electron chi connectivity index (χ2n) is 3.75. The van der Waals surface area contributed by atoms with E-state index in [2.05, 4.69) is 41.5 Å². The van der Waals surface area contributed by atoms with E-state index in [1.165, 1.54) is 33.4 Å². The van der Waals surface area contributed by atoms with Crippen molar-refractivity contribution in [3.8, 4) is 0 Å². The zero-order chi connectivity index (χ0) is 19.5. The van der Waals surface area contributed by atoms with E-state index < -0.39 is 0 Å². The summed E-state index contributed by atoms with van der Waals surface area (Å²) in [5.41, 5.74) is 8.73. The third-order valence-electron chi connectivity index (χ3n) is 3.38. The quantitative estimate of drug-likeness (QED) is 0.449. The second-order valence-corrected chi connectivity index (χ2v) is 3.75. The van der Waals surface area contributed by atoms with Crippen LogP contribution in [0.2, 0.25) is 0 Å². The summed E-state index contributed by atoms with van der Waals surface area (Å²) in [4.78, 5) is 0. The summed E-state index contributed by atoms with van der Waals surface area (Å²) < 4.78 is 0. The van der Waals surface area contributed by atoms with E-state index in [1.807, 2.05) is 69.2 Å². The highest BCUT2D eigenvalue weighted by Gasteiger charge is 2.07. The fourth-order valence-electron chi connectivity index (χ4n) is 1.69. The fraction of sp³-hybridized carbons (Fsp3) is 0.727.